The Bertz CT molecular complexity index is 933. The van der Waals surface area contributed by atoms with Crippen molar-refractivity contribution in [1.82, 2.24) is 20.1 Å². The van der Waals surface area contributed by atoms with Crippen molar-refractivity contribution in [3.8, 4) is 11.1 Å². The molecule has 7 heteroatoms. The number of hydrogen-bond donors (Lipinski definition) is 2. The van der Waals surface area contributed by atoms with E-state index in [0.29, 0.717) is 6.54 Å². The second kappa shape index (κ2) is 7.52. The van der Waals surface area contributed by atoms with Gasteiger partial charge in [-0.1, -0.05) is 41.7 Å². The predicted molar refractivity (Wildman–Crippen MR) is 108 cm³/mol. The van der Waals surface area contributed by atoms with Crippen molar-refractivity contribution in [3.63, 3.8) is 0 Å². The van der Waals surface area contributed by atoms with E-state index in [1.165, 1.54) is 11.3 Å². The highest BCUT2D eigenvalue weighted by molar-refractivity contribution is 7.17. The fourth-order valence-corrected chi connectivity index (χ4v) is 4.59. The molecule has 2 N–H and O–H groups in total. The van der Waals surface area contributed by atoms with Gasteiger partial charge < -0.3 is 10.2 Å². The zero-order chi connectivity index (χ0) is 18.8. The number of benzene rings is 1. The standard InChI is InChI=1S/C20H23N5OS/c1-13-18(27-20(21-2)23-13)19(26)25-10-6-9-15(12-25)17-16(11-22-24-17)14-7-4-3-5-8-14/h3-5,7-8,11,15H,6,9-10,12H2,1-2H3,(H,21,23)(H,22,24)/t15-/m0/s1. The highest BCUT2D eigenvalue weighted by Crippen LogP contribution is 2.34. The molecule has 1 amide bonds. The number of anilines is 1. The van der Waals surface area contributed by atoms with Gasteiger partial charge in [0, 0.05) is 37.3 Å². The second-order valence-electron chi connectivity index (χ2n) is 6.84. The highest BCUT2D eigenvalue weighted by atomic mass is 32.1. The van der Waals surface area contributed by atoms with Crippen LogP contribution in [0.15, 0.2) is 36.5 Å². The molecule has 0 unspecified atom stereocenters. The first-order valence-corrected chi connectivity index (χ1v) is 10.0. The fraction of sp³-hybridized carbons (Fsp3) is 0.350. The average molecular weight is 382 g/mol. The normalized spacial score (nSPS) is 17.1. The minimum atomic E-state index is 0.0805. The summed E-state index contributed by atoms with van der Waals surface area (Å²) >= 11 is 1.43. The molecule has 1 aliphatic heterocycles. The minimum absolute atomic E-state index is 0.0805. The van der Waals surface area contributed by atoms with Gasteiger partial charge in [-0.3, -0.25) is 9.89 Å². The van der Waals surface area contributed by atoms with Crippen LogP contribution in [0.2, 0.25) is 0 Å². The first-order valence-electron chi connectivity index (χ1n) is 9.20. The molecule has 0 bridgehead atoms. The smallest absolute Gasteiger partial charge is 0.265 e. The van der Waals surface area contributed by atoms with Crippen molar-refractivity contribution in [2.24, 2.45) is 0 Å². The lowest BCUT2D eigenvalue weighted by Crippen LogP contribution is -2.39. The van der Waals surface area contributed by atoms with E-state index in [1.807, 2.05) is 43.3 Å². The van der Waals surface area contributed by atoms with Gasteiger partial charge in [-0.25, -0.2) is 4.98 Å². The first kappa shape index (κ1) is 17.7. The van der Waals surface area contributed by atoms with Crippen molar-refractivity contribution >= 4 is 22.4 Å². The van der Waals surface area contributed by atoms with Gasteiger partial charge in [0.25, 0.3) is 5.91 Å². The molecule has 1 fully saturated rings. The molecule has 1 saturated heterocycles. The summed E-state index contributed by atoms with van der Waals surface area (Å²) in [4.78, 5) is 20.2. The summed E-state index contributed by atoms with van der Waals surface area (Å²) in [6.45, 7) is 3.39. The SMILES string of the molecule is CNc1nc(C)c(C(=O)N2CCC[C@H](c3[nH]ncc3-c3ccccc3)C2)s1. The number of nitrogens with one attached hydrogen (secondary N) is 2. The summed E-state index contributed by atoms with van der Waals surface area (Å²) in [5, 5.41) is 11.3. The molecule has 0 aliphatic carbocycles. The van der Waals surface area contributed by atoms with Crippen molar-refractivity contribution in [1.29, 1.82) is 0 Å². The van der Waals surface area contributed by atoms with Crippen molar-refractivity contribution < 1.29 is 4.79 Å². The molecule has 3 aromatic rings. The molecule has 0 saturated carbocycles. The Morgan fingerprint density at radius 1 is 1.33 bits per heavy atom. The third-order valence-corrected chi connectivity index (χ3v) is 6.24. The van der Waals surface area contributed by atoms with Gasteiger partial charge in [-0.15, -0.1) is 0 Å². The maximum atomic E-state index is 13.1. The van der Waals surface area contributed by atoms with Gasteiger partial charge in [-0.05, 0) is 25.3 Å². The molecule has 3 heterocycles. The molecule has 2 aromatic heterocycles. The summed E-state index contributed by atoms with van der Waals surface area (Å²) in [5.74, 6) is 0.342. The number of hydrogen-bond acceptors (Lipinski definition) is 5. The van der Waals surface area contributed by atoms with E-state index in [0.717, 1.165) is 51.9 Å². The van der Waals surface area contributed by atoms with Gasteiger partial charge in [0.15, 0.2) is 5.13 Å². The Balaban J connectivity index is 1.56. The van der Waals surface area contributed by atoms with Gasteiger partial charge in [0.1, 0.15) is 4.88 Å². The number of nitrogens with zero attached hydrogens (tertiary/aromatic N) is 3. The van der Waals surface area contributed by atoms with Crippen LogP contribution in [0.4, 0.5) is 5.13 Å². The molecule has 1 atom stereocenters. The number of aryl methyl sites for hydroxylation is 1. The minimum Gasteiger partial charge on any atom is -0.365 e. The number of rotatable bonds is 4. The van der Waals surface area contributed by atoms with E-state index in [9.17, 15) is 4.79 Å². The summed E-state index contributed by atoms with van der Waals surface area (Å²) in [6.07, 6.45) is 3.92. The van der Waals surface area contributed by atoms with Crippen LogP contribution in [-0.2, 0) is 0 Å². The molecule has 1 aromatic carbocycles. The van der Waals surface area contributed by atoms with Crippen molar-refractivity contribution in [2.75, 3.05) is 25.5 Å². The summed E-state index contributed by atoms with van der Waals surface area (Å²) < 4.78 is 0. The third kappa shape index (κ3) is 3.47. The molecule has 0 radical (unpaired) electrons. The summed E-state index contributed by atoms with van der Waals surface area (Å²) in [5.41, 5.74) is 4.20. The van der Waals surface area contributed by atoms with E-state index in [-0.39, 0.29) is 11.8 Å². The predicted octanol–water partition coefficient (Wildman–Crippen LogP) is 3.90. The number of H-pyrrole nitrogens is 1. The molecular formula is C20H23N5OS. The monoisotopic (exact) mass is 381 g/mol. The number of aromatic amines is 1. The molecule has 6 nitrogen and oxygen atoms in total. The van der Waals surface area contributed by atoms with Crippen LogP contribution in [-0.4, -0.2) is 46.1 Å². The quantitative estimate of drug-likeness (QED) is 0.719. The van der Waals surface area contributed by atoms with E-state index in [1.54, 1.807) is 0 Å². The summed E-state index contributed by atoms with van der Waals surface area (Å²) in [6, 6.07) is 10.3. The number of carbonyl (C=O) groups is 1. The van der Waals surface area contributed by atoms with Crippen LogP contribution in [0, 0.1) is 6.92 Å². The van der Waals surface area contributed by atoms with Gasteiger partial charge >= 0.3 is 0 Å². The number of amides is 1. The van der Waals surface area contributed by atoms with Crippen LogP contribution in [0.3, 0.4) is 0 Å². The lowest BCUT2D eigenvalue weighted by molar-refractivity contribution is 0.0710. The number of carbonyl (C=O) groups excluding carboxylic acids is 1. The number of likely N-dealkylation sites (tertiary alicyclic amines) is 1. The van der Waals surface area contributed by atoms with Crippen molar-refractivity contribution in [2.45, 2.75) is 25.7 Å². The maximum Gasteiger partial charge on any atom is 0.265 e. The zero-order valence-corrected chi connectivity index (χ0v) is 16.3. The summed E-state index contributed by atoms with van der Waals surface area (Å²) in [7, 11) is 1.83. The highest BCUT2D eigenvalue weighted by Gasteiger charge is 2.30. The number of aromatic nitrogens is 3. The zero-order valence-electron chi connectivity index (χ0n) is 15.5. The molecule has 27 heavy (non-hydrogen) atoms. The van der Waals surface area contributed by atoms with Gasteiger partial charge in [-0.2, -0.15) is 5.10 Å². The largest absolute Gasteiger partial charge is 0.365 e. The lowest BCUT2D eigenvalue weighted by Gasteiger charge is -2.32. The molecular weight excluding hydrogens is 358 g/mol. The molecule has 0 spiro atoms. The number of piperidine rings is 1. The van der Waals surface area contributed by atoms with E-state index in [4.69, 9.17) is 0 Å². The average Bonchev–Trinajstić information content (AvgIpc) is 3.35. The van der Waals surface area contributed by atoms with Crippen molar-refractivity contribution in [3.05, 3.63) is 52.8 Å². The number of thiazole rings is 1. The Morgan fingerprint density at radius 3 is 2.89 bits per heavy atom. The van der Waals surface area contributed by atoms with Gasteiger partial charge in [0.2, 0.25) is 0 Å². The molecule has 4 rings (SSSR count). The van der Waals surface area contributed by atoms with Crippen LogP contribution in [0.25, 0.3) is 11.1 Å². The lowest BCUT2D eigenvalue weighted by atomic mass is 9.90. The fourth-order valence-electron chi connectivity index (χ4n) is 3.70. The Morgan fingerprint density at radius 2 is 2.15 bits per heavy atom. The molecule has 140 valence electrons. The first-order chi connectivity index (χ1) is 13.2. The van der Waals surface area contributed by atoms with Crippen LogP contribution >= 0.6 is 11.3 Å². The van der Waals surface area contributed by atoms with Crippen LogP contribution < -0.4 is 5.32 Å². The third-order valence-electron chi connectivity index (χ3n) is 5.08. The molecule has 1 aliphatic rings. The van der Waals surface area contributed by atoms with E-state index >= 15 is 0 Å². The van der Waals surface area contributed by atoms with Crippen LogP contribution in [0.1, 0.15) is 39.8 Å². The Kier molecular flexibility index (Phi) is 4.94. The topological polar surface area (TPSA) is 73.9 Å². The Hall–Kier alpha value is -2.67. The van der Waals surface area contributed by atoms with Gasteiger partial charge in [0.05, 0.1) is 11.9 Å². The Labute approximate surface area is 162 Å². The maximum absolute atomic E-state index is 13.1. The van der Waals surface area contributed by atoms with Crippen LogP contribution in [0.5, 0.6) is 0 Å². The van der Waals surface area contributed by atoms with E-state index in [2.05, 4.69) is 32.6 Å². The second-order valence-corrected chi connectivity index (χ2v) is 7.84. The van der Waals surface area contributed by atoms with E-state index < -0.39 is 0 Å².